The summed E-state index contributed by atoms with van der Waals surface area (Å²) in [6.07, 6.45) is 2.61. The molecule has 3 rings (SSSR count). The number of nitrogens with two attached hydrogens (primary N) is 1. The SMILES string of the molecule is C[C@@H]1CCc2c(sc(NC(=O)COC(=O)c3cccc(Cl)c3)c2C(N)=O)C1. The number of esters is 1. The van der Waals surface area contributed by atoms with E-state index in [4.69, 9.17) is 22.1 Å². The van der Waals surface area contributed by atoms with E-state index in [-0.39, 0.29) is 5.56 Å². The standard InChI is InChI=1S/C19H19ClN2O4S/c1-10-5-6-13-14(7-10)27-18(16(13)17(21)24)22-15(23)9-26-19(25)11-3-2-4-12(20)8-11/h2-4,8,10H,5-7,9H2,1H3,(H2,21,24)(H,22,23)/t10-/m1/s1. The number of nitrogens with one attached hydrogen (secondary N) is 1. The fourth-order valence-corrected chi connectivity index (χ4v) is 4.71. The van der Waals surface area contributed by atoms with Crippen LogP contribution in [0.4, 0.5) is 5.00 Å². The van der Waals surface area contributed by atoms with Crippen LogP contribution in [-0.2, 0) is 22.4 Å². The van der Waals surface area contributed by atoms with Crippen LogP contribution in [0, 0.1) is 5.92 Å². The molecule has 0 saturated heterocycles. The minimum atomic E-state index is -0.651. The van der Waals surface area contributed by atoms with Gasteiger partial charge in [-0.05, 0) is 48.9 Å². The summed E-state index contributed by atoms with van der Waals surface area (Å²) in [6, 6.07) is 6.26. The number of carbonyl (C=O) groups excluding carboxylic acids is 3. The van der Waals surface area contributed by atoms with Crippen molar-refractivity contribution in [2.45, 2.75) is 26.2 Å². The van der Waals surface area contributed by atoms with Crippen LogP contribution in [0.3, 0.4) is 0 Å². The molecular formula is C19H19ClN2O4S. The topological polar surface area (TPSA) is 98.5 Å². The van der Waals surface area contributed by atoms with E-state index >= 15 is 0 Å². The summed E-state index contributed by atoms with van der Waals surface area (Å²) in [4.78, 5) is 37.2. The highest BCUT2D eigenvalue weighted by Crippen LogP contribution is 2.39. The van der Waals surface area contributed by atoms with Crippen molar-refractivity contribution in [3.05, 3.63) is 50.9 Å². The van der Waals surface area contributed by atoms with E-state index < -0.39 is 24.4 Å². The highest BCUT2D eigenvalue weighted by atomic mass is 35.5. The quantitative estimate of drug-likeness (QED) is 0.743. The number of amides is 2. The van der Waals surface area contributed by atoms with Gasteiger partial charge in [0.05, 0.1) is 11.1 Å². The summed E-state index contributed by atoms with van der Waals surface area (Å²) in [5.74, 6) is -1.21. The maximum absolute atomic E-state index is 12.2. The second-order valence-corrected chi connectivity index (χ2v) is 8.10. The molecule has 1 aromatic heterocycles. The zero-order valence-electron chi connectivity index (χ0n) is 14.7. The molecule has 1 atom stereocenters. The number of primary amides is 1. The Morgan fingerprint density at radius 3 is 2.85 bits per heavy atom. The van der Waals surface area contributed by atoms with Crippen molar-refractivity contribution >= 4 is 45.7 Å². The van der Waals surface area contributed by atoms with Gasteiger partial charge in [0.25, 0.3) is 11.8 Å². The van der Waals surface area contributed by atoms with Crippen LogP contribution in [0.25, 0.3) is 0 Å². The van der Waals surface area contributed by atoms with Crippen molar-refractivity contribution < 1.29 is 19.1 Å². The van der Waals surface area contributed by atoms with Crippen LogP contribution < -0.4 is 11.1 Å². The molecule has 1 aromatic carbocycles. The Morgan fingerprint density at radius 1 is 1.37 bits per heavy atom. The largest absolute Gasteiger partial charge is 0.452 e. The smallest absolute Gasteiger partial charge is 0.338 e. The molecular weight excluding hydrogens is 388 g/mol. The lowest BCUT2D eigenvalue weighted by Crippen LogP contribution is -2.23. The van der Waals surface area contributed by atoms with Gasteiger partial charge in [-0.2, -0.15) is 0 Å². The number of fused-ring (bicyclic) bond motifs is 1. The Morgan fingerprint density at radius 2 is 2.15 bits per heavy atom. The van der Waals surface area contributed by atoms with E-state index in [0.29, 0.717) is 21.5 Å². The first-order chi connectivity index (χ1) is 12.8. The minimum absolute atomic E-state index is 0.258. The van der Waals surface area contributed by atoms with E-state index in [0.717, 1.165) is 29.7 Å². The van der Waals surface area contributed by atoms with Gasteiger partial charge in [0.15, 0.2) is 6.61 Å². The number of benzene rings is 1. The molecule has 0 radical (unpaired) electrons. The number of thiophene rings is 1. The van der Waals surface area contributed by atoms with Gasteiger partial charge in [0.2, 0.25) is 0 Å². The predicted octanol–water partition coefficient (Wildman–Crippen LogP) is 3.42. The summed E-state index contributed by atoms with van der Waals surface area (Å²) in [6.45, 7) is 1.68. The molecule has 0 spiro atoms. The summed E-state index contributed by atoms with van der Waals surface area (Å²) >= 11 is 7.20. The zero-order valence-corrected chi connectivity index (χ0v) is 16.3. The fraction of sp³-hybridized carbons (Fsp3) is 0.316. The molecule has 1 aliphatic carbocycles. The maximum atomic E-state index is 12.2. The van der Waals surface area contributed by atoms with Gasteiger partial charge < -0.3 is 15.8 Å². The summed E-state index contributed by atoms with van der Waals surface area (Å²) in [5, 5.41) is 3.48. The van der Waals surface area contributed by atoms with Gasteiger partial charge in [-0.1, -0.05) is 24.6 Å². The molecule has 1 aliphatic rings. The molecule has 0 fully saturated rings. The van der Waals surface area contributed by atoms with Gasteiger partial charge in [-0.3, -0.25) is 9.59 Å². The molecule has 8 heteroatoms. The maximum Gasteiger partial charge on any atom is 0.338 e. The normalized spacial score (nSPS) is 15.7. The molecule has 3 N–H and O–H groups in total. The van der Waals surface area contributed by atoms with Crippen LogP contribution in [0.1, 0.15) is 44.5 Å². The van der Waals surface area contributed by atoms with Crippen molar-refractivity contribution in [3.8, 4) is 0 Å². The number of anilines is 1. The van der Waals surface area contributed by atoms with Gasteiger partial charge >= 0.3 is 5.97 Å². The third-order valence-corrected chi connectivity index (χ3v) is 5.81. The highest BCUT2D eigenvalue weighted by molar-refractivity contribution is 7.17. The van der Waals surface area contributed by atoms with Gasteiger partial charge in [-0.15, -0.1) is 11.3 Å². The van der Waals surface area contributed by atoms with E-state index in [1.807, 2.05) is 0 Å². The zero-order chi connectivity index (χ0) is 19.6. The number of carbonyl (C=O) groups is 3. The molecule has 6 nitrogen and oxygen atoms in total. The molecule has 0 unspecified atom stereocenters. The lowest BCUT2D eigenvalue weighted by molar-refractivity contribution is -0.119. The second-order valence-electron chi connectivity index (χ2n) is 6.55. The van der Waals surface area contributed by atoms with E-state index in [2.05, 4.69) is 12.2 Å². The van der Waals surface area contributed by atoms with Crippen LogP contribution in [0.15, 0.2) is 24.3 Å². The minimum Gasteiger partial charge on any atom is -0.452 e. The average molecular weight is 407 g/mol. The van der Waals surface area contributed by atoms with Crippen molar-refractivity contribution in [1.82, 2.24) is 0 Å². The van der Waals surface area contributed by atoms with Crippen LogP contribution in [0.2, 0.25) is 5.02 Å². The Hall–Kier alpha value is -2.38. The average Bonchev–Trinajstić information content (AvgIpc) is 2.96. The first-order valence-electron chi connectivity index (χ1n) is 8.52. The lowest BCUT2D eigenvalue weighted by Gasteiger charge is -2.18. The summed E-state index contributed by atoms with van der Waals surface area (Å²) in [7, 11) is 0. The Kier molecular flexibility index (Phi) is 5.82. The van der Waals surface area contributed by atoms with Crippen molar-refractivity contribution in [2.75, 3.05) is 11.9 Å². The monoisotopic (exact) mass is 406 g/mol. The van der Waals surface area contributed by atoms with Crippen molar-refractivity contribution in [3.63, 3.8) is 0 Å². The molecule has 142 valence electrons. The molecule has 27 heavy (non-hydrogen) atoms. The summed E-state index contributed by atoms with van der Waals surface area (Å²) in [5.41, 5.74) is 7.08. The van der Waals surface area contributed by atoms with E-state index in [9.17, 15) is 14.4 Å². The third-order valence-electron chi connectivity index (χ3n) is 4.41. The van der Waals surface area contributed by atoms with Gasteiger partial charge in [0.1, 0.15) is 5.00 Å². The predicted molar refractivity (Wildman–Crippen MR) is 104 cm³/mol. The Bertz CT molecular complexity index is 909. The summed E-state index contributed by atoms with van der Waals surface area (Å²) < 4.78 is 5.02. The second kappa shape index (κ2) is 8.10. The molecule has 0 saturated carbocycles. The van der Waals surface area contributed by atoms with Gasteiger partial charge in [0, 0.05) is 9.90 Å². The first-order valence-corrected chi connectivity index (χ1v) is 9.71. The number of hydrogen-bond donors (Lipinski definition) is 2. The fourth-order valence-electron chi connectivity index (χ4n) is 3.09. The van der Waals surface area contributed by atoms with Crippen molar-refractivity contribution in [1.29, 1.82) is 0 Å². The van der Waals surface area contributed by atoms with E-state index in [1.165, 1.54) is 17.4 Å². The number of rotatable bonds is 5. The molecule has 0 aliphatic heterocycles. The lowest BCUT2D eigenvalue weighted by atomic mass is 9.88. The molecule has 0 bridgehead atoms. The number of halogens is 1. The van der Waals surface area contributed by atoms with Crippen molar-refractivity contribution in [2.24, 2.45) is 11.7 Å². The Labute approximate surface area is 165 Å². The molecule has 2 amide bonds. The molecule has 2 aromatic rings. The molecule has 1 heterocycles. The number of ether oxygens (including phenoxy) is 1. The number of hydrogen-bond acceptors (Lipinski definition) is 5. The first kappa shape index (κ1) is 19.4. The highest BCUT2D eigenvalue weighted by Gasteiger charge is 2.27. The van der Waals surface area contributed by atoms with Crippen LogP contribution in [0.5, 0.6) is 0 Å². The van der Waals surface area contributed by atoms with Crippen LogP contribution in [-0.4, -0.2) is 24.4 Å². The third kappa shape index (κ3) is 4.48. The van der Waals surface area contributed by atoms with Crippen LogP contribution >= 0.6 is 22.9 Å². The van der Waals surface area contributed by atoms with Gasteiger partial charge in [-0.25, -0.2) is 4.79 Å². The Balaban J connectivity index is 1.67. The van der Waals surface area contributed by atoms with E-state index in [1.54, 1.807) is 18.2 Å².